The topological polar surface area (TPSA) is 118 Å². The minimum atomic E-state index is -0.431. The molecule has 0 bridgehead atoms. The van der Waals surface area contributed by atoms with Crippen molar-refractivity contribution in [3.63, 3.8) is 0 Å². The van der Waals surface area contributed by atoms with Gasteiger partial charge < -0.3 is 15.8 Å². The lowest BCUT2D eigenvalue weighted by Crippen LogP contribution is -2.11. The van der Waals surface area contributed by atoms with E-state index >= 15 is 0 Å². The zero-order valence-electron chi connectivity index (χ0n) is 12.0. The van der Waals surface area contributed by atoms with Crippen molar-refractivity contribution >= 4 is 5.82 Å². The second-order valence-electron chi connectivity index (χ2n) is 4.79. The van der Waals surface area contributed by atoms with Crippen molar-refractivity contribution in [3.8, 4) is 0 Å². The molecule has 114 valence electrons. The van der Waals surface area contributed by atoms with Gasteiger partial charge in [-0.05, 0) is 30.7 Å². The molecule has 2 N–H and O–H groups in total. The Bertz CT molecular complexity index is 605. The third-order valence-corrected chi connectivity index (χ3v) is 3.25. The van der Waals surface area contributed by atoms with Crippen LogP contribution >= 0.6 is 0 Å². The van der Waals surface area contributed by atoms with E-state index in [0.717, 1.165) is 25.0 Å². The quantitative estimate of drug-likeness (QED) is 0.434. The first-order valence-electron chi connectivity index (χ1n) is 6.87. The fraction of sp³-hybridized carbons (Fsp3) is 0.583. The summed E-state index contributed by atoms with van der Waals surface area (Å²) >= 11 is 0. The van der Waals surface area contributed by atoms with Crippen molar-refractivity contribution in [2.45, 2.75) is 39.3 Å². The second-order valence-corrected chi connectivity index (χ2v) is 4.79. The minimum absolute atomic E-state index is 0.00390. The first-order valence-corrected chi connectivity index (χ1v) is 6.87. The summed E-state index contributed by atoms with van der Waals surface area (Å²) in [5.74, 6) is 0.612. The summed E-state index contributed by atoms with van der Waals surface area (Å²) in [5, 5.41) is 19.0. The van der Waals surface area contributed by atoms with Gasteiger partial charge in [-0.1, -0.05) is 5.21 Å². The van der Waals surface area contributed by atoms with Crippen LogP contribution in [0.25, 0.3) is 0 Å². The van der Waals surface area contributed by atoms with Crippen LogP contribution in [0.2, 0.25) is 0 Å². The molecule has 0 amide bonds. The highest BCUT2D eigenvalue weighted by molar-refractivity contribution is 5.18. The molecular weight excluding hydrogens is 274 g/mol. The van der Waals surface area contributed by atoms with Gasteiger partial charge in [-0.15, -0.1) is 5.10 Å². The third kappa shape index (κ3) is 3.85. The Balaban J connectivity index is 1.94. The number of nitro groups is 1. The van der Waals surface area contributed by atoms with E-state index in [2.05, 4.69) is 15.3 Å². The van der Waals surface area contributed by atoms with Gasteiger partial charge >= 0.3 is 5.82 Å². The number of aryl methyl sites for hydroxylation is 3. The molecule has 2 aromatic heterocycles. The highest BCUT2D eigenvalue weighted by Gasteiger charge is 2.17. The average Bonchev–Trinajstić information content (AvgIpc) is 3.04. The Morgan fingerprint density at radius 3 is 2.90 bits per heavy atom. The van der Waals surface area contributed by atoms with E-state index in [9.17, 15) is 10.1 Å². The van der Waals surface area contributed by atoms with Gasteiger partial charge in [-0.25, -0.2) is 14.2 Å². The number of hydrogen-bond acceptors (Lipinski definition) is 6. The van der Waals surface area contributed by atoms with Gasteiger partial charge in [-0.2, -0.15) is 0 Å². The molecule has 0 aliphatic rings. The molecule has 21 heavy (non-hydrogen) atoms. The van der Waals surface area contributed by atoms with Crippen molar-refractivity contribution in [1.82, 2.24) is 24.5 Å². The summed E-state index contributed by atoms with van der Waals surface area (Å²) in [5.41, 5.74) is 6.36. The first kappa shape index (κ1) is 15.1. The molecule has 0 aliphatic heterocycles. The monoisotopic (exact) mass is 293 g/mol. The SMILES string of the molecule is Cc1ncc([N+](=O)[O-])n1CCn1cc(CCCCN)nn1. The first-order chi connectivity index (χ1) is 10.1. The highest BCUT2D eigenvalue weighted by Crippen LogP contribution is 2.13. The van der Waals surface area contributed by atoms with E-state index < -0.39 is 4.92 Å². The van der Waals surface area contributed by atoms with Crippen LogP contribution in [0, 0.1) is 17.0 Å². The van der Waals surface area contributed by atoms with Gasteiger partial charge in [0.2, 0.25) is 0 Å². The van der Waals surface area contributed by atoms with Crippen LogP contribution in [0.1, 0.15) is 24.4 Å². The molecule has 0 unspecified atom stereocenters. The van der Waals surface area contributed by atoms with Gasteiger partial charge in [0.15, 0.2) is 5.82 Å². The lowest BCUT2D eigenvalue weighted by atomic mass is 10.2. The minimum Gasteiger partial charge on any atom is -0.358 e. The standard InChI is InChI=1S/C12H19N7O2/c1-10-14-8-12(19(20)21)18(10)7-6-17-9-11(15-16-17)4-2-3-5-13/h8-9H,2-7,13H2,1H3. The van der Waals surface area contributed by atoms with Crippen LogP contribution in [-0.2, 0) is 19.5 Å². The van der Waals surface area contributed by atoms with Gasteiger partial charge in [-0.3, -0.25) is 0 Å². The van der Waals surface area contributed by atoms with E-state index in [1.165, 1.54) is 6.20 Å². The molecular formula is C12H19N7O2. The smallest absolute Gasteiger partial charge is 0.342 e. The number of nitrogens with zero attached hydrogens (tertiary/aromatic N) is 6. The molecule has 9 heteroatoms. The molecule has 0 spiro atoms. The number of nitrogens with two attached hydrogens (primary N) is 1. The van der Waals surface area contributed by atoms with Crippen LogP contribution in [0.5, 0.6) is 0 Å². The number of rotatable bonds is 8. The normalized spacial score (nSPS) is 11.0. The highest BCUT2D eigenvalue weighted by atomic mass is 16.6. The molecule has 0 radical (unpaired) electrons. The summed E-state index contributed by atoms with van der Waals surface area (Å²) in [6, 6.07) is 0. The van der Waals surface area contributed by atoms with Crippen LogP contribution < -0.4 is 5.73 Å². The van der Waals surface area contributed by atoms with Crippen molar-refractivity contribution < 1.29 is 4.92 Å². The van der Waals surface area contributed by atoms with Crippen molar-refractivity contribution in [2.24, 2.45) is 5.73 Å². The maximum absolute atomic E-state index is 10.9. The fourth-order valence-electron chi connectivity index (χ4n) is 2.09. The Hall–Kier alpha value is -2.29. The second kappa shape index (κ2) is 6.93. The molecule has 9 nitrogen and oxygen atoms in total. The summed E-state index contributed by atoms with van der Waals surface area (Å²) in [6.07, 6.45) is 5.94. The molecule has 0 atom stereocenters. The van der Waals surface area contributed by atoms with Gasteiger partial charge in [0.1, 0.15) is 12.7 Å². The lowest BCUT2D eigenvalue weighted by molar-refractivity contribution is -0.392. The van der Waals surface area contributed by atoms with Crippen molar-refractivity contribution in [2.75, 3.05) is 6.54 Å². The van der Waals surface area contributed by atoms with Gasteiger partial charge in [0, 0.05) is 13.1 Å². The lowest BCUT2D eigenvalue weighted by Gasteiger charge is -2.02. The molecule has 0 aromatic carbocycles. The Labute approximate surface area is 121 Å². The van der Waals surface area contributed by atoms with E-state index in [0.29, 0.717) is 25.5 Å². The molecule has 0 saturated carbocycles. The van der Waals surface area contributed by atoms with Gasteiger partial charge in [0.05, 0.1) is 12.2 Å². The predicted octanol–water partition coefficient (Wildman–Crippen LogP) is 0.673. The zero-order valence-corrected chi connectivity index (χ0v) is 12.0. The molecule has 2 aromatic rings. The molecule has 2 rings (SSSR count). The van der Waals surface area contributed by atoms with E-state index in [1.54, 1.807) is 16.2 Å². The molecule has 2 heterocycles. The predicted molar refractivity (Wildman–Crippen MR) is 75.6 cm³/mol. The van der Waals surface area contributed by atoms with E-state index in [1.807, 2.05) is 6.20 Å². The van der Waals surface area contributed by atoms with Crippen LogP contribution in [0.15, 0.2) is 12.4 Å². The molecule has 0 fully saturated rings. The zero-order chi connectivity index (χ0) is 15.2. The maximum Gasteiger partial charge on any atom is 0.342 e. The largest absolute Gasteiger partial charge is 0.358 e. The van der Waals surface area contributed by atoms with Crippen molar-refractivity contribution in [1.29, 1.82) is 0 Å². The Morgan fingerprint density at radius 1 is 1.38 bits per heavy atom. The molecule has 0 saturated heterocycles. The number of unbranched alkanes of at least 4 members (excludes halogenated alkanes) is 1. The van der Waals surface area contributed by atoms with Crippen molar-refractivity contribution in [3.05, 3.63) is 34.0 Å². The Morgan fingerprint density at radius 2 is 2.19 bits per heavy atom. The van der Waals surface area contributed by atoms with E-state index in [4.69, 9.17) is 5.73 Å². The van der Waals surface area contributed by atoms with Gasteiger partial charge in [0.25, 0.3) is 0 Å². The summed E-state index contributed by atoms with van der Waals surface area (Å²) < 4.78 is 3.26. The summed E-state index contributed by atoms with van der Waals surface area (Å²) in [7, 11) is 0. The van der Waals surface area contributed by atoms with Crippen LogP contribution in [0.3, 0.4) is 0 Å². The maximum atomic E-state index is 10.9. The van der Waals surface area contributed by atoms with Crippen LogP contribution in [0.4, 0.5) is 5.82 Å². The number of imidazole rings is 1. The molecule has 0 aliphatic carbocycles. The summed E-state index contributed by atoms with van der Waals surface area (Å²) in [6.45, 7) is 3.37. The Kier molecular flexibility index (Phi) is 4.99. The average molecular weight is 293 g/mol. The van der Waals surface area contributed by atoms with E-state index in [-0.39, 0.29) is 5.82 Å². The van der Waals surface area contributed by atoms with Crippen LogP contribution in [-0.4, -0.2) is 36.0 Å². The fourth-order valence-corrected chi connectivity index (χ4v) is 2.09. The number of aromatic nitrogens is 5. The third-order valence-electron chi connectivity index (χ3n) is 3.25. The number of hydrogen-bond donors (Lipinski definition) is 1. The summed E-state index contributed by atoms with van der Waals surface area (Å²) in [4.78, 5) is 14.4.